The molecule has 28 heavy (non-hydrogen) atoms. The number of anilines is 1. The summed E-state index contributed by atoms with van der Waals surface area (Å²) in [6, 6.07) is 5.26. The summed E-state index contributed by atoms with van der Waals surface area (Å²) < 4.78 is 15.1. The monoisotopic (exact) mass is 402 g/mol. The molecule has 0 bridgehead atoms. The van der Waals surface area contributed by atoms with E-state index in [0.29, 0.717) is 26.9 Å². The Morgan fingerprint density at radius 3 is 2.79 bits per heavy atom. The fourth-order valence-electron chi connectivity index (χ4n) is 2.74. The maximum atomic E-state index is 12.3. The number of fused-ring (bicyclic) bond motifs is 1. The van der Waals surface area contributed by atoms with E-state index >= 15 is 0 Å². The van der Waals surface area contributed by atoms with E-state index in [4.69, 9.17) is 9.15 Å². The Kier molecular flexibility index (Phi) is 5.74. The molecular weight excluding hydrogens is 384 g/mol. The molecule has 0 radical (unpaired) electrons. The van der Waals surface area contributed by atoms with Crippen LogP contribution in [0.4, 0.5) is 5.13 Å². The van der Waals surface area contributed by atoms with Crippen molar-refractivity contribution in [1.29, 1.82) is 0 Å². The number of hydrogen-bond acceptors (Lipinski definition) is 8. The van der Waals surface area contributed by atoms with Crippen LogP contribution < -0.4 is 15.7 Å². The molecule has 9 heteroatoms. The van der Waals surface area contributed by atoms with Crippen molar-refractivity contribution in [3.63, 3.8) is 0 Å². The lowest BCUT2D eigenvalue weighted by atomic mass is 10.0. The highest BCUT2D eigenvalue weighted by Gasteiger charge is 2.15. The molecule has 8 nitrogen and oxygen atoms in total. The third-order valence-electron chi connectivity index (χ3n) is 4.24. The molecular formula is C19H18N2O6S. The van der Waals surface area contributed by atoms with E-state index in [9.17, 15) is 14.4 Å². The minimum atomic E-state index is -0.515. The van der Waals surface area contributed by atoms with Crippen LogP contribution in [0.15, 0.2) is 33.6 Å². The zero-order chi connectivity index (χ0) is 20.3. The molecule has 2 aromatic heterocycles. The third-order valence-corrected chi connectivity index (χ3v) is 5.13. The molecule has 0 aliphatic heterocycles. The van der Waals surface area contributed by atoms with Crippen LogP contribution in [-0.4, -0.2) is 31.1 Å². The predicted octanol–water partition coefficient (Wildman–Crippen LogP) is 2.92. The van der Waals surface area contributed by atoms with Gasteiger partial charge in [0, 0.05) is 23.4 Å². The lowest BCUT2D eigenvalue weighted by Gasteiger charge is -2.08. The van der Waals surface area contributed by atoms with Crippen molar-refractivity contribution in [2.45, 2.75) is 19.8 Å². The van der Waals surface area contributed by atoms with Crippen LogP contribution in [0.5, 0.6) is 5.75 Å². The summed E-state index contributed by atoms with van der Waals surface area (Å²) in [5.41, 5.74) is 1.17. The average Bonchev–Trinajstić information content (AvgIpc) is 3.15. The molecule has 1 amide bonds. The SMILES string of the molecule is COC(=O)c1cnc(NC(=O)CCc2c(C)c3ccc(OC)cc3oc2=O)s1. The van der Waals surface area contributed by atoms with Gasteiger partial charge in [0.2, 0.25) is 5.91 Å². The Labute approximate surface area is 164 Å². The zero-order valence-electron chi connectivity index (χ0n) is 15.5. The van der Waals surface area contributed by atoms with E-state index in [1.165, 1.54) is 20.4 Å². The van der Waals surface area contributed by atoms with E-state index in [2.05, 4.69) is 15.0 Å². The normalized spacial score (nSPS) is 10.7. The molecule has 3 rings (SSSR count). The maximum Gasteiger partial charge on any atom is 0.349 e. The molecule has 0 saturated carbocycles. The smallest absolute Gasteiger partial charge is 0.349 e. The second kappa shape index (κ2) is 8.22. The van der Waals surface area contributed by atoms with Gasteiger partial charge in [-0.1, -0.05) is 11.3 Å². The Morgan fingerprint density at radius 2 is 2.07 bits per heavy atom. The van der Waals surface area contributed by atoms with Crippen molar-refractivity contribution in [1.82, 2.24) is 4.98 Å². The van der Waals surface area contributed by atoms with Crippen molar-refractivity contribution in [3.05, 3.63) is 50.8 Å². The summed E-state index contributed by atoms with van der Waals surface area (Å²) in [7, 11) is 2.81. The molecule has 0 unspecified atom stereocenters. The van der Waals surface area contributed by atoms with Gasteiger partial charge in [-0.05, 0) is 31.0 Å². The van der Waals surface area contributed by atoms with Gasteiger partial charge in [-0.3, -0.25) is 4.79 Å². The van der Waals surface area contributed by atoms with Gasteiger partial charge in [-0.15, -0.1) is 0 Å². The van der Waals surface area contributed by atoms with Gasteiger partial charge in [-0.25, -0.2) is 14.6 Å². The number of carbonyl (C=O) groups excluding carboxylic acids is 2. The van der Waals surface area contributed by atoms with Crippen LogP contribution in [0.3, 0.4) is 0 Å². The first-order chi connectivity index (χ1) is 13.4. The van der Waals surface area contributed by atoms with Gasteiger partial charge in [-0.2, -0.15) is 0 Å². The number of aryl methyl sites for hydroxylation is 1. The van der Waals surface area contributed by atoms with Gasteiger partial charge in [0.05, 0.1) is 20.4 Å². The van der Waals surface area contributed by atoms with Crippen LogP contribution in [0, 0.1) is 6.92 Å². The summed E-state index contributed by atoms with van der Waals surface area (Å²) >= 11 is 1.02. The Morgan fingerprint density at radius 1 is 1.29 bits per heavy atom. The summed E-state index contributed by atoms with van der Waals surface area (Å²) in [5.74, 6) is -0.240. The van der Waals surface area contributed by atoms with E-state index in [-0.39, 0.29) is 18.7 Å². The minimum absolute atomic E-state index is 0.0698. The highest BCUT2D eigenvalue weighted by atomic mass is 32.1. The summed E-state index contributed by atoms with van der Waals surface area (Å²) in [6.07, 6.45) is 1.63. The number of hydrogen-bond donors (Lipinski definition) is 1. The van der Waals surface area contributed by atoms with Crippen molar-refractivity contribution < 1.29 is 23.5 Å². The molecule has 2 heterocycles. The number of benzene rings is 1. The molecule has 1 aromatic carbocycles. The number of carbonyl (C=O) groups is 2. The Balaban J connectivity index is 1.72. The minimum Gasteiger partial charge on any atom is -0.497 e. The molecule has 0 fully saturated rings. The number of ether oxygens (including phenoxy) is 2. The van der Waals surface area contributed by atoms with E-state index < -0.39 is 11.6 Å². The van der Waals surface area contributed by atoms with Crippen LogP contribution in [0.1, 0.15) is 27.2 Å². The molecule has 146 valence electrons. The van der Waals surface area contributed by atoms with E-state index in [1.54, 1.807) is 12.1 Å². The molecule has 0 atom stereocenters. The molecule has 0 spiro atoms. The van der Waals surface area contributed by atoms with Crippen LogP contribution >= 0.6 is 11.3 Å². The maximum absolute atomic E-state index is 12.3. The Hall–Kier alpha value is -3.20. The first-order valence-corrected chi connectivity index (χ1v) is 9.19. The zero-order valence-corrected chi connectivity index (χ0v) is 16.3. The highest BCUT2D eigenvalue weighted by molar-refractivity contribution is 7.17. The van der Waals surface area contributed by atoms with Crippen molar-refractivity contribution >= 4 is 39.3 Å². The van der Waals surface area contributed by atoms with Crippen LogP contribution in [-0.2, 0) is 16.0 Å². The molecule has 1 N–H and O–H groups in total. The summed E-state index contributed by atoms with van der Waals surface area (Å²) in [6.45, 7) is 1.82. The quantitative estimate of drug-likeness (QED) is 0.499. The van der Waals surface area contributed by atoms with Crippen LogP contribution in [0.25, 0.3) is 11.0 Å². The van der Waals surface area contributed by atoms with Crippen molar-refractivity contribution in [2.24, 2.45) is 0 Å². The number of nitrogens with one attached hydrogen (secondary N) is 1. The fourth-order valence-corrected chi connectivity index (χ4v) is 3.49. The lowest BCUT2D eigenvalue weighted by Crippen LogP contribution is -2.16. The van der Waals surface area contributed by atoms with Gasteiger partial charge >= 0.3 is 11.6 Å². The average molecular weight is 402 g/mol. The van der Waals surface area contributed by atoms with Gasteiger partial charge in [0.25, 0.3) is 0 Å². The van der Waals surface area contributed by atoms with Gasteiger partial charge < -0.3 is 19.2 Å². The summed E-state index contributed by atoms with van der Waals surface area (Å²) in [5, 5.41) is 3.70. The van der Waals surface area contributed by atoms with Crippen molar-refractivity contribution in [2.75, 3.05) is 19.5 Å². The number of nitrogens with zero attached hydrogens (tertiary/aromatic N) is 1. The number of methoxy groups -OCH3 is 2. The Bertz CT molecular complexity index is 1100. The number of thiazole rings is 1. The van der Waals surface area contributed by atoms with Crippen LogP contribution in [0.2, 0.25) is 0 Å². The highest BCUT2D eigenvalue weighted by Crippen LogP contribution is 2.24. The molecule has 0 aliphatic rings. The second-order valence-corrected chi connectivity index (χ2v) is 6.96. The molecule has 0 aliphatic carbocycles. The largest absolute Gasteiger partial charge is 0.497 e. The van der Waals surface area contributed by atoms with Gasteiger partial charge in [0.1, 0.15) is 16.2 Å². The standard InChI is InChI=1S/C19H18N2O6S/c1-10-12-5-4-11(25-2)8-14(12)27-17(23)13(10)6-7-16(22)21-19-20-9-15(28-19)18(24)26-3/h4-5,8-9H,6-7H2,1-3H3,(H,20,21,22). The number of aromatic nitrogens is 1. The second-order valence-electron chi connectivity index (χ2n) is 5.92. The molecule has 0 saturated heterocycles. The third kappa shape index (κ3) is 4.04. The predicted molar refractivity (Wildman–Crippen MR) is 104 cm³/mol. The first kappa shape index (κ1) is 19.6. The topological polar surface area (TPSA) is 108 Å². The van der Waals surface area contributed by atoms with E-state index in [1.807, 2.05) is 13.0 Å². The molecule has 3 aromatic rings. The lowest BCUT2D eigenvalue weighted by molar-refractivity contribution is -0.116. The van der Waals surface area contributed by atoms with E-state index in [0.717, 1.165) is 22.3 Å². The number of esters is 1. The van der Waals surface area contributed by atoms with Gasteiger partial charge in [0.15, 0.2) is 5.13 Å². The fraction of sp³-hybridized carbons (Fsp3) is 0.263. The number of amides is 1. The summed E-state index contributed by atoms with van der Waals surface area (Å²) in [4.78, 5) is 40.2. The number of rotatable bonds is 6. The first-order valence-electron chi connectivity index (χ1n) is 8.37. The van der Waals surface area contributed by atoms with Crippen molar-refractivity contribution in [3.8, 4) is 5.75 Å².